The smallest absolute Gasteiger partial charge is 0.321 e. The average molecular weight is 200 g/mol. The molecule has 1 aromatic heterocycles. The fourth-order valence-electron chi connectivity index (χ4n) is 1.27. The zero-order valence-electron chi connectivity index (χ0n) is 8.55. The molecule has 76 valence electrons. The summed E-state index contributed by atoms with van der Waals surface area (Å²) in [5, 5.41) is 0. The van der Waals surface area contributed by atoms with Crippen molar-refractivity contribution in [3.8, 4) is 11.8 Å². The second kappa shape index (κ2) is 4.55. The highest BCUT2D eigenvalue weighted by Gasteiger charge is 1.99. The van der Waals surface area contributed by atoms with Crippen LogP contribution in [0.3, 0.4) is 0 Å². The lowest BCUT2D eigenvalue weighted by atomic mass is 10.2. The summed E-state index contributed by atoms with van der Waals surface area (Å²) in [6.07, 6.45) is 4.31. The summed E-state index contributed by atoms with van der Waals surface area (Å²) in [5.74, 6) is 0.778. The van der Waals surface area contributed by atoms with Gasteiger partial charge in [-0.1, -0.05) is 19.1 Å². The third-order valence-electron chi connectivity index (χ3n) is 2.06. The molecule has 1 heterocycles. The number of hydrogen-bond donors (Lipinski definition) is 0. The first-order chi connectivity index (χ1) is 7.38. The van der Waals surface area contributed by atoms with Gasteiger partial charge in [-0.2, -0.15) is 0 Å². The third-order valence-corrected chi connectivity index (χ3v) is 2.06. The third kappa shape index (κ3) is 2.53. The quantitative estimate of drug-likeness (QED) is 0.764. The van der Waals surface area contributed by atoms with Gasteiger partial charge in [0.2, 0.25) is 0 Å². The minimum Gasteiger partial charge on any atom is -0.424 e. The Hall–Kier alpha value is -1.90. The predicted molar refractivity (Wildman–Crippen MR) is 57.9 cm³/mol. The summed E-state index contributed by atoms with van der Waals surface area (Å²) in [6, 6.07) is 10.1. The van der Waals surface area contributed by atoms with Gasteiger partial charge in [0.05, 0.1) is 0 Å². The number of hydrogen-bond acceptors (Lipinski definition) is 3. The van der Waals surface area contributed by atoms with Crippen molar-refractivity contribution in [2.75, 3.05) is 0 Å². The highest BCUT2D eigenvalue weighted by Crippen LogP contribution is 2.18. The molecule has 0 radical (unpaired) electrons. The molecule has 0 saturated heterocycles. The van der Waals surface area contributed by atoms with Gasteiger partial charge < -0.3 is 4.74 Å². The average Bonchev–Trinajstić information content (AvgIpc) is 2.31. The normalized spacial score (nSPS) is 9.93. The van der Waals surface area contributed by atoms with E-state index in [0.29, 0.717) is 6.01 Å². The molecule has 3 nitrogen and oxygen atoms in total. The fraction of sp³-hybridized carbons (Fsp3) is 0.167. The Morgan fingerprint density at radius 2 is 1.93 bits per heavy atom. The summed E-state index contributed by atoms with van der Waals surface area (Å²) in [4.78, 5) is 7.99. The van der Waals surface area contributed by atoms with Gasteiger partial charge in [-0.25, -0.2) is 9.97 Å². The lowest BCUT2D eigenvalue weighted by Gasteiger charge is -2.04. The summed E-state index contributed by atoms with van der Waals surface area (Å²) >= 11 is 0. The van der Waals surface area contributed by atoms with E-state index < -0.39 is 0 Å². The van der Waals surface area contributed by atoms with Gasteiger partial charge in [0.15, 0.2) is 0 Å². The van der Waals surface area contributed by atoms with Crippen molar-refractivity contribution < 1.29 is 4.74 Å². The van der Waals surface area contributed by atoms with E-state index in [4.69, 9.17) is 4.74 Å². The van der Waals surface area contributed by atoms with Crippen molar-refractivity contribution >= 4 is 0 Å². The molecule has 3 heteroatoms. The molecule has 1 aromatic carbocycles. The van der Waals surface area contributed by atoms with Crippen LogP contribution in [-0.2, 0) is 6.42 Å². The minimum atomic E-state index is 0.380. The van der Waals surface area contributed by atoms with Crippen molar-refractivity contribution in [2.24, 2.45) is 0 Å². The molecule has 15 heavy (non-hydrogen) atoms. The maximum absolute atomic E-state index is 5.50. The molecule has 0 fully saturated rings. The van der Waals surface area contributed by atoms with Crippen LogP contribution >= 0.6 is 0 Å². The summed E-state index contributed by atoms with van der Waals surface area (Å²) in [6.45, 7) is 2.11. The molecule has 0 atom stereocenters. The highest BCUT2D eigenvalue weighted by atomic mass is 16.5. The number of rotatable bonds is 3. The lowest BCUT2D eigenvalue weighted by molar-refractivity contribution is 0.441. The first-order valence-corrected chi connectivity index (χ1v) is 4.92. The lowest BCUT2D eigenvalue weighted by Crippen LogP contribution is -1.90. The van der Waals surface area contributed by atoms with Crippen LogP contribution in [0.5, 0.6) is 11.8 Å². The fourth-order valence-corrected chi connectivity index (χ4v) is 1.27. The number of aryl methyl sites for hydroxylation is 1. The minimum absolute atomic E-state index is 0.380. The molecule has 0 amide bonds. The number of aromatic nitrogens is 2. The van der Waals surface area contributed by atoms with Crippen molar-refractivity contribution in [3.63, 3.8) is 0 Å². The van der Waals surface area contributed by atoms with Crippen LogP contribution in [0.15, 0.2) is 42.7 Å². The van der Waals surface area contributed by atoms with Gasteiger partial charge >= 0.3 is 6.01 Å². The Kier molecular flexibility index (Phi) is 2.93. The van der Waals surface area contributed by atoms with Crippen molar-refractivity contribution in [3.05, 3.63) is 48.3 Å². The molecule has 0 aliphatic carbocycles. The Labute approximate surface area is 88.8 Å². The van der Waals surface area contributed by atoms with Gasteiger partial charge in [0.1, 0.15) is 5.75 Å². The van der Waals surface area contributed by atoms with Crippen LogP contribution in [0.2, 0.25) is 0 Å². The van der Waals surface area contributed by atoms with Crippen molar-refractivity contribution in [2.45, 2.75) is 13.3 Å². The van der Waals surface area contributed by atoms with E-state index >= 15 is 0 Å². The highest BCUT2D eigenvalue weighted by molar-refractivity contribution is 5.30. The Balaban J connectivity index is 2.17. The second-order valence-electron chi connectivity index (χ2n) is 3.13. The molecule has 2 rings (SSSR count). The monoisotopic (exact) mass is 200 g/mol. The Morgan fingerprint density at radius 3 is 2.67 bits per heavy atom. The predicted octanol–water partition coefficient (Wildman–Crippen LogP) is 2.83. The molecule has 0 saturated carbocycles. The van der Waals surface area contributed by atoms with Crippen LogP contribution in [-0.4, -0.2) is 9.97 Å². The van der Waals surface area contributed by atoms with Crippen molar-refractivity contribution in [1.82, 2.24) is 9.97 Å². The topological polar surface area (TPSA) is 35.0 Å². The molecular weight excluding hydrogens is 188 g/mol. The van der Waals surface area contributed by atoms with Gasteiger partial charge in [-0.3, -0.25) is 0 Å². The zero-order chi connectivity index (χ0) is 10.5. The van der Waals surface area contributed by atoms with Gasteiger partial charge in [0.25, 0.3) is 0 Å². The SMILES string of the molecule is CCc1cccc(Oc2ncccn2)c1. The molecule has 0 aliphatic rings. The Morgan fingerprint density at radius 1 is 1.13 bits per heavy atom. The first-order valence-electron chi connectivity index (χ1n) is 4.92. The van der Waals surface area contributed by atoms with E-state index in [-0.39, 0.29) is 0 Å². The van der Waals surface area contributed by atoms with Gasteiger partial charge in [-0.05, 0) is 30.2 Å². The van der Waals surface area contributed by atoms with E-state index in [1.165, 1.54) is 5.56 Å². The van der Waals surface area contributed by atoms with Crippen LogP contribution < -0.4 is 4.74 Å². The maximum atomic E-state index is 5.50. The van der Waals surface area contributed by atoms with Crippen LogP contribution in [0.4, 0.5) is 0 Å². The molecule has 2 aromatic rings. The van der Waals surface area contributed by atoms with E-state index in [9.17, 15) is 0 Å². The molecule has 0 aliphatic heterocycles. The van der Waals surface area contributed by atoms with E-state index in [0.717, 1.165) is 12.2 Å². The number of ether oxygens (including phenoxy) is 1. The summed E-state index contributed by atoms with van der Waals surface area (Å²) in [7, 11) is 0. The number of nitrogens with zero attached hydrogens (tertiary/aromatic N) is 2. The zero-order valence-corrected chi connectivity index (χ0v) is 8.55. The maximum Gasteiger partial charge on any atom is 0.321 e. The van der Waals surface area contributed by atoms with Crippen molar-refractivity contribution in [1.29, 1.82) is 0 Å². The largest absolute Gasteiger partial charge is 0.424 e. The molecule has 0 spiro atoms. The van der Waals surface area contributed by atoms with Crippen LogP contribution in [0, 0.1) is 0 Å². The number of benzene rings is 1. The second-order valence-corrected chi connectivity index (χ2v) is 3.13. The Bertz CT molecular complexity index is 429. The summed E-state index contributed by atoms with van der Waals surface area (Å²) in [5.41, 5.74) is 1.24. The first kappa shape index (κ1) is 9.65. The molecule has 0 unspecified atom stereocenters. The standard InChI is InChI=1S/C12H12N2O/c1-2-10-5-3-6-11(9-10)15-12-13-7-4-8-14-12/h3-9H,2H2,1H3. The van der Waals surface area contributed by atoms with E-state index in [1.807, 2.05) is 18.2 Å². The van der Waals surface area contributed by atoms with Gasteiger partial charge in [0, 0.05) is 12.4 Å². The van der Waals surface area contributed by atoms with Gasteiger partial charge in [-0.15, -0.1) is 0 Å². The van der Waals surface area contributed by atoms with E-state index in [2.05, 4.69) is 23.0 Å². The molecular formula is C12H12N2O. The van der Waals surface area contributed by atoms with E-state index in [1.54, 1.807) is 18.5 Å². The molecule has 0 bridgehead atoms. The van der Waals surface area contributed by atoms with Crippen LogP contribution in [0.1, 0.15) is 12.5 Å². The molecule has 0 N–H and O–H groups in total. The summed E-state index contributed by atoms with van der Waals surface area (Å²) < 4.78 is 5.50. The van der Waals surface area contributed by atoms with Crippen LogP contribution in [0.25, 0.3) is 0 Å².